The minimum absolute atomic E-state index is 0.126. The number of hydrogen-bond acceptors (Lipinski definition) is 3. The highest BCUT2D eigenvalue weighted by Gasteiger charge is 2.55. The number of benzene rings is 1. The first-order valence-electron chi connectivity index (χ1n) is 9.30. The lowest BCUT2D eigenvalue weighted by molar-refractivity contribution is -0.0110. The molecule has 4 rings (SSSR count). The lowest BCUT2D eigenvalue weighted by atomic mass is 9.52. The SMILES string of the molecule is CCOC(=O)N1CC[C@]23CCCCC2[C@@H]1Cc1ccc(OC)cc13. The van der Waals surface area contributed by atoms with Crippen molar-refractivity contribution >= 4 is 6.09 Å². The Bertz CT molecular complexity index is 644. The molecule has 2 fully saturated rings. The molecule has 2 bridgehead atoms. The van der Waals surface area contributed by atoms with Crippen molar-refractivity contribution in [3.8, 4) is 5.75 Å². The van der Waals surface area contributed by atoms with Crippen LogP contribution in [-0.2, 0) is 16.6 Å². The Labute approximate surface area is 144 Å². The van der Waals surface area contributed by atoms with Gasteiger partial charge in [0.05, 0.1) is 13.7 Å². The van der Waals surface area contributed by atoms with E-state index in [4.69, 9.17) is 9.47 Å². The van der Waals surface area contributed by atoms with Gasteiger partial charge in [-0.3, -0.25) is 0 Å². The first-order chi connectivity index (χ1) is 11.7. The van der Waals surface area contributed by atoms with Crippen LogP contribution in [0.5, 0.6) is 5.75 Å². The number of amides is 1. The zero-order chi connectivity index (χ0) is 16.7. The Kier molecular flexibility index (Phi) is 3.93. The van der Waals surface area contributed by atoms with Gasteiger partial charge in [0, 0.05) is 18.0 Å². The summed E-state index contributed by atoms with van der Waals surface area (Å²) in [6, 6.07) is 6.83. The van der Waals surface area contributed by atoms with Gasteiger partial charge in [-0.05, 0) is 61.8 Å². The van der Waals surface area contributed by atoms with Gasteiger partial charge >= 0.3 is 6.09 Å². The first kappa shape index (κ1) is 15.8. The topological polar surface area (TPSA) is 38.8 Å². The molecule has 0 aromatic heterocycles. The molecule has 130 valence electrons. The summed E-state index contributed by atoms with van der Waals surface area (Å²) in [6.07, 6.45) is 6.90. The third kappa shape index (κ3) is 2.22. The molecule has 24 heavy (non-hydrogen) atoms. The molecule has 0 N–H and O–H groups in total. The van der Waals surface area contributed by atoms with Crippen LogP contribution in [0.3, 0.4) is 0 Å². The van der Waals surface area contributed by atoms with E-state index < -0.39 is 0 Å². The summed E-state index contributed by atoms with van der Waals surface area (Å²) in [4.78, 5) is 14.5. The van der Waals surface area contributed by atoms with Crippen LogP contribution in [-0.4, -0.2) is 37.3 Å². The molecule has 2 aliphatic carbocycles. The van der Waals surface area contributed by atoms with Crippen molar-refractivity contribution in [1.82, 2.24) is 4.90 Å². The van der Waals surface area contributed by atoms with Crippen molar-refractivity contribution in [2.24, 2.45) is 5.92 Å². The third-order valence-corrected chi connectivity index (χ3v) is 6.55. The molecular formula is C20H27NO3. The smallest absolute Gasteiger partial charge is 0.410 e. The van der Waals surface area contributed by atoms with Crippen molar-refractivity contribution in [2.45, 2.75) is 56.9 Å². The molecule has 1 aromatic rings. The number of likely N-dealkylation sites (tertiary alicyclic amines) is 1. The van der Waals surface area contributed by atoms with Crippen LogP contribution in [0, 0.1) is 5.92 Å². The van der Waals surface area contributed by atoms with Crippen molar-refractivity contribution in [2.75, 3.05) is 20.3 Å². The zero-order valence-corrected chi connectivity index (χ0v) is 14.7. The molecule has 3 atom stereocenters. The summed E-state index contributed by atoms with van der Waals surface area (Å²) < 4.78 is 10.8. The molecule has 0 spiro atoms. The molecular weight excluding hydrogens is 302 g/mol. The Hall–Kier alpha value is -1.71. The van der Waals surface area contributed by atoms with Gasteiger partial charge < -0.3 is 14.4 Å². The second-order valence-corrected chi connectivity index (χ2v) is 7.45. The van der Waals surface area contributed by atoms with Gasteiger partial charge in [0.1, 0.15) is 5.75 Å². The van der Waals surface area contributed by atoms with Crippen LogP contribution in [0.1, 0.15) is 50.2 Å². The number of carbonyl (C=O) groups excluding carboxylic acids is 1. The summed E-state index contributed by atoms with van der Waals surface area (Å²) in [7, 11) is 1.74. The second kappa shape index (κ2) is 5.98. The van der Waals surface area contributed by atoms with E-state index in [2.05, 4.69) is 18.2 Å². The van der Waals surface area contributed by atoms with Gasteiger partial charge in [0.25, 0.3) is 0 Å². The molecule has 1 saturated carbocycles. The molecule has 1 aliphatic heterocycles. The van der Waals surface area contributed by atoms with Gasteiger partial charge in [0.15, 0.2) is 0 Å². The predicted molar refractivity (Wildman–Crippen MR) is 92.5 cm³/mol. The number of rotatable bonds is 2. The highest BCUT2D eigenvalue weighted by atomic mass is 16.6. The average Bonchev–Trinajstić information content (AvgIpc) is 2.61. The number of nitrogens with zero attached hydrogens (tertiary/aromatic N) is 1. The van der Waals surface area contributed by atoms with E-state index in [0.29, 0.717) is 18.6 Å². The number of piperidine rings is 1. The van der Waals surface area contributed by atoms with Crippen molar-refractivity contribution in [1.29, 1.82) is 0 Å². The standard InChI is InChI=1S/C20H27NO3/c1-3-24-19(22)21-11-10-20-9-5-4-6-16(20)18(21)12-14-7-8-15(23-2)13-17(14)20/h7-8,13,16,18H,3-6,9-12H2,1-2H3/t16?,18-,20+/m0/s1. The second-order valence-electron chi connectivity index (χ2n) is 7.45. The van der Waals surface area contributed by atoms with E-state index in [9.17, 15) is 4.79 Å². The highest BCUT2D eigenvalue weighted by molar-refractivity contribution is 5.69. The van der Waals surface area contributed by atoms with E-state index in [0.717, 1.165) is 25.1 Å². The minimum Gasteiger partial charge on any atom is -0.497 e. The van der Waals surface area contributed by atoms with E-state index in [1.807, 2.05) is 11.8 Å². The molecule has 4 nitrogen and oxygen atoms in total. The predicted octanol–water partition coefficient (Wildman–Crippen LogP) is 3.91. The lowest BCUT2D eigenvalue weighted by Crippen LogP contribution is -2.62. The quantitative estimate of drug-likeness (QED) is 0.826. The average molecular weight is 329 g/mol. The largest absolute Gasteiger partial charge is 0.497 e. The lowest BCUT2D eigenvalue weighted by Gasteiger charge is -2.58. The molecule has 1 saturated heterocycles. The zero-order valence-electron chi connectivity index (χ0n) is 14.7. The first-order valence-corrected chi connectivity index (χ1v) is 9.30. The van der Waals surface area contributed by atoms with Gasteiger partial charge in [-0.2, -0.15) is 0 Å². The fraction of sp³-hybridized carbons (Fsp3) is 0.650. The maximum absolute atomic E-state index is 12.5. The Morgan fingerprint density at radius 1 is 1.33 bits per heavy atom. The maximum atomic E-state index is 12.5. The molecule has 1 heterocycles. The molecule has 1 unspecified atom stereocenters. The number of carbonyl (C=O) groups is 1. The van der Waals surface area contributed by atoms with E-state index in [-0.39, 0.29) is 11.5 Å². The summed E-state index contributed by atoms with van der Waals surface area (Å²) in [5.41, 5.74) is 3.12. The molecule has 1 amide bonds. The molecule has 3 aliphatic rings. The van der Waals surface area contributed by atoms with Crippen LogP contribution < -0.4 is 4.74 Å². The molecule has 1 aromatic carbocycles. The minimum atomic E-state index is -0.126. The normalized spacial score (nSPS) is 31.0. The number of hydrogen-bond donors (Lipinski definition) is 0. The van der Waals surface area contributed by atoms with Crippen molar-refractivity contribution in [3.63, 3.8) is 0 Å². The van der Waals surface area contributed by atoms with Crippen LogP contribution >= 0.6 is 0 Å². The van der Waals surface area contributed by atoms with Gasteiger partial charge in [-0.15, -0.1) is 0 Å². The summed E-state index contributed by atoms with van der Waals surface area (Å²) in [6.45, 7) is 3.15. The number of methoxy groups -OCH3 is 1. The summed E-state index contributed by atoms with van der Waals surface area (Å²) in [5, 5.41) is 0. The van der Waals surface area contributed by atoms with E-state index in [1.54, 1.807) is 7.11 Å². The van der Waals surface area contributed by atoms with Crippen LogP contribution in [0.2, 0.25) is 0 Å². The summed E-state index contributed by atoms with van der Waals surface area (Å²) >= 11 is 0. The van der Waals surface area contributed by atoms with Crippen molar-refractivity contribution in [3.05, 3.63) is 29.3 Å². The van der Waals surface area contributed by atoms with Gasteiger partial charge in [-0.1, -0.05) is 18.9 Å². The van der Waals surface area contributed by atoms with Crippen LogP contribution in [0.25, 0.3) is 0 Å². The molecule has 4 heteroatoms. The van der Waals surface area contributed by atoms with Gasteiger partial charge in [0.2, 0.25) is 0 Å². The third-order valence-electron chi connectivity index (χ3n) is 6.55. The monoisotopic (exact) mass is 329 g/mol. The van der Waals surface area contributed by atoms with Gasteiger partial charge in [-0.25, -0.2) is 4.79 Å². The Morgan fingerprint density at radius 2 is 2.21 bits per heavy atom. The van der Waals surface area contributed by atoms with Crippen LogP contribution in [0.4, 0.5) is 4.79 Å². The maximum Gasteiger partial charge on any atom is 0.410 e. The molecule has 0 radical (unpaired) electrons. The van der Waals surface area contributed by atoms with E-state index in [1.165, 1.54) is 36.8 Å². The fourth-order valence-electron chi connectivity index (χ4n) is 5.54. The fourth-order valence-corrected chi connectivity index (χ4v) is 5.54. The Morgan fingerprint density at radius 3 is 3.00 bits per heavy atom. The summed E-state index contributed by atoms with van der Waals surface area (Å²) in [5.74, 6) is 1.52. The highest BCUT2D eigenvalue weighted by Crippen LogP contribution is 2.56. The van der Waals surface area contributed by atoms with Crippen molar-refractivity contribution < 1.29 is 14.3 Å². The number of ether oxygens (including phenoxy) is 2. The van der Waals surface area contributed by atoms with Crippen LogP contribution in [0.15, 0.2) is 18.2 Å². The number of fused-ring (bicyclic) bond motifs is 1. The van der Waals surface area contributed by atoms with E-state index >= 15 is 0 Å². The Balaban J connectivity index is 1.77.